The molecule has 0 bridgehead atoms. The first-order valence-corrected chi connectivity index (χ1v) is 5.30. The fourth-order valence-electron chi connectivity index (χ4n) is 1.40. The molecule has 0 aromatic carbocycles. The van der Waals surface area contributed by atoms with Crippen molar-refractivity contribution >= 4 is 5.95 Å². The lowest BCUT2D eigenvalue weighted by atomic mass is 10.0. The maximum Gasteiger partial charge on any atom is 0.223 e. The van der Waals surface area contributed by atoms with E-state index >= 15 is 0 Å². The summed E-state index contributed by atoms with van der Waals surface area (Å²) in [5.74, 6) is 1.91. The van der Waals surface area contributed by atoms with Crippen LogP contribution >= 0.6 is 0 Å². The molecule has 1 atom stereocenters. The summed E-state index contributed by atoms with van der Waals surface area (Å²) in [7, 11) is 1.61. The second-order valence-electron chi connectivity index (χ2n) is 3.85. The average molecular weight is 209 g/mol. The van der Waals surface area contributed by atoms with E-state index in [0.29, 0.717) is 23.7 Å². The number of hydrogen-bond donors (Lipinski definition) is 1. The van der Waals surface area contributed by atoms with Gasteiger partial charge in [0.15, 0.2) is 5.75 Å². The van der Waals surface area contributed by atoms with E-state index < -0.39 is 0 Å². The number of aromatic nitrogens is 2. The molecule has 0 spiro atoms. The Morgan fingerprint density at radius 2 is 1.93 bits per heavy atom. The first-order chi connectivity index (χ1) is 7.17. The van der Waals surface area contributed by atoms with E-state index in [1.807, 2.05) is 0 Å². The van der Waals surface area contributed by atoms with Crippen LogP contribution in [0.1, 0.15) is 27.2 Å². The lowest BCUT2D eigenvalue weighted by molar-refractivity contribution is 0.410. The third kappa shape index (κ3) is 3.38. The Kier molecular flexibility index (Phi) is 4.34. The first kappa shape index (κ1) is 11.8. The minimum Gasteiger partial charge on any atom is -0.494 e. The number of nitrogens with one attached hydrogen (secondary N) is 1. The monoisotopic (exact) mass is 209 g/mol. The highest BCUT2D eigenvalue weighted by Crippen LogP contribution is 2.13. The molecule has 0 saturated heterocycles. The van der Waals surface area contributed by atoms with Gasteiger partial charge in [-0.25, -0.2) is 9.97 Å². The van der Waals surface area contributed by atoms with Crippen molar-refractivity contribution in [2.75, 3.05) is 12.4 Å². The van der Waals surface area contributed by atoms with Gasteiger partial charge in [-0.05, 0) is 12.3 Å². The Bertz CT molecular complexity index is 284. The van der Waals surface area contributed by atoms with Crippen molar-refractivity contribution in [3.05, 3.63) is 12.4 Å². The lowest BCUT2D eigenvalue weighted by Gasteiger charge is -2.20. The third-order valence-electron chi connectivity index (χ3n) is 2.42. The van der Waals surface area contributed by atoms with Crippen molar-refractivity contribution in [2.45, 2.75) is 33.2 Å². The molecule has 1 aromatic heterocycles. The van der Waals surface area contributed by atoms with Crippen LogP contribution in [0, 0.1) is 5.92 Å². The maximum absolute atomic E-state index is 5.00. The van der Waals surface area contributed by atoms with Crippen LogP contribution in [0.2, 0.25) is 0 Å². The number of nitrogens with zero attached hydrogens (tertiary/aromatic N) is 2. The van der Waals surface area contributed by atoms with Gasteiger partial charge in [0.25, 0.3) is 0 Å². The van der Waals surface area contributed by atoms with Gasteiger partial charge in [0.05, 0.1) is 19.5 Å². The van der Waals surface area contributed by atoms with Crippen LogP contribution < -0.4 is 10.1 Å². The lowest BCUT2D eigenvalue weighted by Crippen LogP contribution is -2.25. The van der Waals surface area contributed by atoms with Gasteiger partial charge in [-0.2, -0.15) is 0 Å². The van der Waals surface area contributed by atoms with E-state index in [0.717, 1.165) is 6.42 Å². The number of ether oxygens (including phenoxy) is 1. The van der Waals surface area contributed by atoms with E-state index in [1.54, 1.807) is 19.5 Å². The van der Waals surface area contributed by atoms with Crippen LogP contribution in [-0.4, -0.2) is 23.1 Å². The molecule has 0 amide bonds. The van der Waals surface area contributed by atoms with Crippen molar-refractivity contribution in [3.63, 3.8) is 0 Å². The summed E-state index contributed by atoms with van der Waals surface area (Å²) in [6.07, 6.45) is 4.40. The van der Waals surface area contributed by atoms with Crippen molar-refractivity contribution in [1.82, 2.24) is 9.97 Å². The third-order valence-corrected chi connectivity index (χ3v) is 2.42. The largest absolute Gasteiger partial charge is 0.494 e. The fraction of sp³-hybridized carbons (Fsp3) is 0.636. The highest BCUT2D eigenvalue weighted by molar-refractivity contribution is 5.28. The first-order valence-electron chi connectivity index (χ1n) is 5.30. The van der Waals surface area contributed by atoms with E-state index in [9.17, 15) is 0 Å². The van der Waals surface area contributed by atoms with Gasteiger partial charge in [0.2, 0.25) is 5.95 Å². The summed E-state index contributed by atoms with van der Waals surface area (Å²) in [6, 6.07) is 0.415. The van der Waals surface area contributed by atoms with Crippen LogP contribution in [0.5, 0.6) is 5.75 Å². The molecular formula is C11H19N3O. The Labute approximate surface area is 91.1 Å². The van der Waals surface area contributed by atoms with E-state index in [1.165, 1.54) is 0 Å². The molecule has 4 nitrogen and oxygen atoms in total. The van der Waals surface area contributed by atoms with Crippen LogP contribution in [0.15, 0.2) is 12.4 Å². The van der Waals surface area contributed by atoms with Crippen LogP contribution in [0.4, 0.5) is 5.95 Å². The Morgan fingerprint density at radius 1 is 1.33 bits per heavy atom. The number of methoxy groups -OCH3 is 1. The zero-order valence-electron chi connectivity index (χ0n) is 9.82. The Balaban J connectivity index is 2.63. The predicted molar refractivity (Wildman–Crippen MR) is 61.1 cm³/mol. The van der Waals surface area contributed by atoms with E-state index in [4.69, 9.17) is 4.74 Å². The molecule has 1 N–H and O–H groups in total. The maximum atomic E-state index is 5.00. The number of rotatable bonds is 5. The highest BCUT2D eigenvalue weighted by Gasteiger charge is 2.11. The fourth-order valence-corrected chi connectivity index (χ4v) is 1.40. The molecule has 0 saturated carbocycles. The number of hydrogen-bond acceptors (Lipinski definition) is 4. The zero-order chi connectivity index (χ0) is 11.3. The molecule has 4 heteroatoms. The van der Waals surface area contributed by atoms with E-state index in [-0.39, 0.29) is 0 Å². The van der Waals surface area contributed by atoms with Crippen LogP contribution in [0.25, 0.3) is 0 Å². The molecule has 1 aromatic rings. The zero-order valence-corrected chi connectivity index (χ0v) is 9.82. The molecule has 1 heterocycles. The smallest absolute Gasteiger partial charge is 0.223 e. The van der Waals surface area contributed by atoms with Crippen molar-refractivity contribution < 1.29 is 4.74 Å². The second-order valence-corrected chi connectivity index (χ2v) is 3.85. The standard InChI is InChI=1S/C11H19N3O/c1-5-10(8(2)3)14-11-12-6-9(15-4)7-13-11/h6-8,10H,5H2,1-4H3,(H,12,13,14). The second kappa shape index (κ2) is 5.53. The summed E-state index contributed by atoms with van der Waals surface area (Å²) in [4.78, 5) is 8.34. The van der Waals surface area contributed by atoms with Gasteiger partial charge in [-0.15, -0.1) is 0 Å². The topological polar surface area (TPSA) is 47.0 Å². The van der Waals surface area contributed by atoms with Crippen molar-refractivity contribution in [1.29, 1.82) is 0 Å². The van der Waals surface area contributed by atoms with Gasteiger partial charge in [-0.3, -0.25) is 0 Å². The van der Waals surface area contributed by atoms with Crippen LogP contribution in [0.3, 0.4) is 0 Å². The van der Waals surface area contributed by atoms with Gasteiger partial charge in [-0.1, -0.05) is 20.8 Å². The molecule has 1 unspecified atom stereocenters. The van der Waals surface area contributed by atoms with Crippen molar-refractivity contribution in [3.8, 4) is 5.75 Å². The van der Waals surface area contributed by atoms with E-state index in [2.05, 4.69) is 36.1 Å². The molecule has 0 aliphatic carbocycles. The Hall–Kier alpha value is -1.32. The summed E-state index contributed by atoms with van der Waals surface area (Å²) >= 11 is 0. The highest BCUT2D eigenvalue weighted by atomic mass is 16.5. The number of anilines is 1. The summed E-state index contributed by atoms with van der Waals surface area (Å²) in [5.41, 5.74) is 0. The molecular weight excluding hydrogens is 190 g/mol. The molecule has 1 rings (SSSR count). The molecule has 0 aliphatic heterocycles. The minimum atomic E-state index is 0.415. The quantitative estimate of drug-likeness (QED) is 0.808. The summed E-state index contributed by atoms with van der Waals surface area (Å²) in [5, 5.41) is 3.30. The molecule has 15 heavy (non-hydrogen) atoms. The minimum absolute atomic E-state index is 0.415. The van der Waals surface area contributed by atoms with Gasteiger partial charge >= 0.3 is 0 Å². The average Bonchev–Trinajstić information content (AvgIpc) is 2.26. The van der Waals surface area contributed by atoms with Crippen LogP contribution in [-0.2, 0) is 0 Å². The Morgan fingerprint density at radius 3 is 2.33 bits per heavy atom. The molecule has 0 radical (unpaired) electrons. The predicted octanol–water partition coefficient (Wildman–Crippen LogP) is 2.33. The molecule has 84 valence electrons. The van der Waals surface area contributed by atoms with Crippen molar-refractivity contribution in [2.24, 2.45) is 5.92 Å². The SMILES string of the molecule is CCC(Nc1ncc(OC)cn1)C(C)C. The molecule has 0 aliphatic rings. The van der Waals surface area contributed by atoms with Gasteiger partial charge in [0, 0.05) is 6.04 Å². The van der Waals surface area contributed by atoms with Gasteiger partial charge < -0.3 is 10.1 Å². The normalized spacial score (nSPS) is 12.6. The molecule has 0 fully saturated rings. The van der Waals surface area contributed by atoms with Gasteiger partial charge in [0.1, 0.15) is 0 Å². The summed E-state index contributed by atoms with van der Waals surface area (Å²) < 4.78 is 5.00. The summed E-state index contributed by atoms with van der Waals surface area (Å²) in [6.45, 7) is 6.52.